The minimum atomic E-state index is -4.82. The Hall–Kier alpha value is 1.03. The largest absolute Gasteiger partial charge is 1.00 e. The molecule has 0 bridgehead atoms. The zero-order valence-corrected chi connectivity index (χ0v) is 9.10. The zero-order valence-electron chi connectivity index (χ0n) is 5.98. The normalized spacial score (nSPS) is 11.2. The maximum absolute atomic E-state index is 11.3. The van der Waals surface area contributed by atoms with Crippen molar-refractivity contribution in [1.82, 2.24) is 0 Å². The van der Waals surface area contributed by atoms with Crippen molar-refractivity contribution in [2.24, 2.45) is 0 Å². The number of hydrogen-bond acceptors (Lipinski definition) is 1. The van der Waals surface area contributed by atoms with Gasteiger partial charge in [0.1, 0.15) is 0 Å². The molecule has 0 aliphatic carbocycles. The Labute approximate surface area is 100 Å². The van der Waals surface area contributed by atoms with E-state index in [9.17, 15) is 12.9 Å². The van der Waals surface area contributed by atoms with Crippen molar-refractivity contribution in [1.29, 1.82) is 0 Å². The van der Waals surface area contributed by atoms with E-state index in [1.165, 1.54) is 0 Å². The second-order valence-corrected chi connectivity index (χ2v) is 1.41. The molecule has 0 spiro atoms. The van der Waals surface area contributed by atoms with Crippen molar-refractivity contribution in [2.75, 3.05) is 6.61 Å². The third-order valence-electron chi connectivity index (χ3n) is 0.560. The molecule has 0 aromatic carbocycles. The van der Waals surface area contributed by atoms with E-state index in [4.69, 9.17) is 0 Å². The third kappa shape index (κ3) is 11.8. The van der Waals surface area contributed by atoms with E-state index < -0.39 is 6.98 Å². The number of halogens is 3. The molecule has 0 saturated carbocycles. The fourth-order valence-corrected chi connectivity index (χ4v) is 0.241. The van der Waals surface area contributed by atoms with Gasteiger partial charge in [-0.05, 0) is 6.92 Å². The molecule has 54 valence electrons. The van der Waals surface area contributed by atoms with E-state index in [0.29, 0.717) is 6.26 Å². The van der Waals surface area contributed by atoms with E-state index >= 15 is 0 Å². The first-order chi connectivity index (χ1) is 4.06. The summed E-state index contributed by atoms with van der Waals surface area (Å²) in [7, 11) is 0. The van der Waals surface area contributed by atoms with Crippen molar-refractivity contribution in [2.45, 2.75) is 6.92 Å². The Morgan fingerprint density at radius 3 is 2.20 bits per heavy atom. The minimum Gasteiger partial charge on any atom is -0.505 e. The van der Waals surface area contributed by atoms with Gasteiger partial charge in [-0.25, -0.2) is 0 Å². The van der Waals surface area contributed by atoms with Crippen LogP contribution in [0.3, 0.4) is 0 Å². The Balaban J connectivity index is 0. The molecule has 0 rings (SSSR count). The summed E-state index contributed by atoms with van der Waals surface area (Å²) in [6.07, 6.45) is 0.667. The summed E-state index contributed by atoms with van der Waals surface area (Å²) >= 11 is 0. The average Bonchev–Trinajstić information content (AvgIpc) is 1.63. The van der Waals surface area contributed by atoms with E-state index in [-0.39, 0.29) is 64.0 Å². The molecule has 0 fully saturated rings. The van der Waals surface area contributed by atoms with Crippen LogP contribution in [-0.4, -0.2) is 13.6 Å². The third-order valence-corrected chi connectivity index (χ3v) is 0.560. The summed E-state index contributed by atoms with van der Waals surface area (Å²) in [6.45, 7) is -2.93. The SMILES string of the molecule is CCO/C=C/[B-](F)(F)F.[K+]. The Morgan fingerprint density at radius 2 is 1.90 bits per heavy atom. The molecule has 0 amide bonds. The number of rotatable bonds is 3. The standard InChI is InChI=1S/C4H7BF3O.K/c1-2-9-4-3-5(6,7)8;/h3-4H,2H2,1H3;/q-1;+1/b4-3+;. The second-order valence-electron chi connectivity index (χ2n) is 1.41. The molecule has 6 heteroatoms. The van der Waals surface area contributed by atoms with Crippen LogP contribution in [0, 0.1) is 0 Å². The Kier molecular flexibility index (Phi) is 9.15. The maximum Gasteiger partial charge on any atom is 1.00 e. The average molecular weight is 178 g/mol. The molecule has 0 radical (unpaired) electrons. The second kappa shape index (κ2) is 6.72. The first-order valence-corrected chi connectivity index (χ1v) is 2.55. The molecule has 0 saturated heterocycles. The molecule has 0 aromatic heterocycles. The van der Waals surface area contributed by atoms with Crippen LogP contribution in [0.25, 0.3) is 0 Å². The summed E-state index contributed by atoms with van der Waals surface area (Å²) in [5.41, 5.74) is 0. The van der Waals surface area contributed by atoms with Crippen molar-refractivity contribution in [3.63, 3.8) is 0 Å². The van der Waals surface area contributed by atoms with Gasteiger partial charge in [-0.15, -0.1) is 5.98 Å². The zero-order chi connectivity index (χ0) is 7.33. The van der Waals surface area contributed by atoms with Crippen LogP contribution in [0.5, 0.6) is 0 Å². The predicted octanol–water partition coefficient (Wildman–Crippen LogP) is -1.07. The molecule has 10 heavy (non-hydrogen) atoms. The Bertz CT molecular complexity index is 103. The van der Waals surface area contributed by atoms with Gasteiger partial charge < -0.3 is 17.7 Å². The summed E-state index contributed by atoms with van der Waals surface area (Å²) in [5.74, 6) is 0.115. The Morgan fingerprint density at radius 1 is 1.40 bits per heavy atom. The fourth-order valence-electron chi connectivity index (χ4n) is 0.241. The monoisotopic (exact) mass is 178 g/mol. The van der Waals surface area contributed by atoms with E-state index in [1.807, 2.05) is 0 Å². The van der Waals surface area contributed by atoms with E-state index in [2.05, 4.69) is 4.74 Å². The minimum absolute atomic E-state index is 0. The molecule has 0 unspecified atom stereocenters. The van der Waals surface area contributed by atoms with Crippen LogP contribution < -0.4 is 51.4 Å². The number of hydrogen-bond donors (Lipinski definition) is 0. The molecule has 0 aliphatic rings. The molecular formula is C4H7BF3KO. The number of ether oxygens (including phenoxy) is 1. The molecule has 0 heterocycles. The van der Waals surface area contributed by atoms with E-state index in [0.717, 1.165) is 0 Å². The van der Waals surface area contributed by atoms with Crippen LogP contribution in [0.4, 0.5) is 12.9 Å². The quantitative estimate of drug-likeness (QED) is 0.395. The molecule has 0 aromatic rings. The molecule has 0 aliphatic heterocycles. The summed E-state index contributed by atoms with van der Waals surface area (Å²) < 4.78 is 38.1. The molecule has 0 N–H and O–H groups in total. The predicted molar refractivity (Wildman–Crippen MR) is 29.8 cm³/mol. The van der Waals surface area contributed by atoms with Crippen molar-refractivity contribution in [3.05, 3.63) is 12.2 Å². The van der Waals surface area contributed by atoms with Crippen molar-refractivity contribution < 1.29 is 69.1 Å². The van der Waals surface area contributed by atoms with Gasteiger partial charge in [-0.1, -0.05) is 0 Å². The maximum atomic E-state index is 11.3. The first kappa shape index (κ1) is 13.6. The summed E-state index contributed by atoms with van der Waals surface area (Å²) in [6, 6.07) is 0. The van der Waals surface area contributed by atoms with Crippen molar-refractivity contribution in [3.8, 4) is 0 Å². The van der Waals surface area contributed by atoms with Gasteiger partial charge in [0.2, 0.25) is 0 Å². The fraction of sp³-hybridized carbons (Fsp3) is 0.500. The molecule has 1 nitrogen and oxygen atoms in total. The van der Waals surface area contributed by atoms with Gasteiger partial charge in [0, 0.05) is 6.26 Å². The topological polar surface area (TPSA) is 9.23 Å². The van der Waals surface area contributed by atoms with Gasteiger partial charge in [-0.2, -0.15) is 0 Å². The van der Waals surface area contributed by atoms with E-state index in [1.54, 1.807) is 6.92 Å². The molecule has 0 atom stereocenters. The van der Waals surface area contributed by atoms with Gasteiger partial charge in [0.15, 0.2) is 0 Å². The molecular weight excluding hydrogens is 171 g/mol. The van der Waals surface area contributed by atoms with Gasteiger partial charge in [0.05, 0.1) is 6.61 Å². The van der Waals surface area contributed by atoms with Gasteiger partial charge >= 0.3 is 58.4 Å². The van der Waals surface area contributed by atoms with Crippen LogP contribution in [-0.2, 0) is 4.74 Å². The van der Waals surface area contributed by atoms with Crippen LogP contribution in [0.2, 0.25) is 0 Å². The summed E-state index contributed by atoms with van der Waals surface area (Å²) in [4.78, 5) is 0. The van der Waals surface area contributed by atoms with Crippen molar-refractivity contribution >= 4 is 6.98 Å². The van der Waals surface area contributed by atoms with Crippen LogP contribution in [0.1, 0.15) is 6.92 Å². The smallest absolute Gasteiger partial charge is 0.505 e. The van der Waals surface area contributed by atoms with Gasteiger partial charge in [-0.3, -0.25) is 0 Å². The summed E-state index contributed by atoms with van der Waals surface area (Å²) in [5, 5.41) is 0. The van der Waals surface area contributed by atoms with Crippen LogP contribution in [0.15, 0.2) is 12.2 Å². The first-order valence-electron chi connectivity index (χ1n) is 2.55. The van der Waals surface area contributed by atoms with Gasteiger partial charge in [0.25, 0.3) is 0 Å². The van der Waals surface area contributed by atoms with Crippen LogP contribution >= 0.6 is 0 Å².